The molecule has 0 aliphatic carbocycles. The van der Waals surface area contributed by atoms with E-state index >= 15 is 0 Å². The van der Waals surface area contributed by atoms with Crippen molar-refractivity contribution in [1.29, 1.82) is 0 Å². The standard InChI is InChI=1S/C9H17N3O3S/c1-8(2,9(3,4)13)12-16(14,15)7-5-6-10-11-7/h5-6,12-13H,1-4H3,(H,10,11). The molecule has 0 saturated heterocycles. The van der Waals surface area contributed by atoms with Gasteiger partial charge in [-0.25, -0.2) is 13.1 Å². The molecule has 0 unspecified atom stereocenters. The molecule has 92 valence electrons. The molecule has 1 rings (SSSR count). The van der Waals surface area contributed by atoms with Gasteiger partial charge in [-0.15, -0.1) is 0 Å². The molecule has 0 spiro atoms. The zero-order valence-electron chi connectivity index (χ0n) is 9.77. The van der Waals surface area contributed by atoms with Crippen LogP contribution in [0.25, 0.3) is 0 Å². The van der Waals surface area contributed by atoms with Crippen molar-refractivity contribution in [2.45, 2.75) is 43.9 Å². The predicted molar refractivity (Wildman–Crippen MR) is 59.3 cm³/mol. The lowest BCUT2D eigenvalue weighted by Gasteiger charge is -2.37. The van der Waals surface area contributed by atoms with Crippen LogP contribution in [0.2, 0.25) is 0 Å². The molecule has 0 aliphatic rings. The number of aliphatic hydroxyl groups is 1. The Kier molecular flexibility index (Phi) is 3.15. The number of rotatable bonds is 4. The Bertz CT molecular complexity index is 443. The fourth-order valence-electron chi connectivity index (χ4n) is 0.909. The Morgan fingerprint density at radius 1 is 1.38 bits per heavy atom. The first-order valence-corrected chi connectivity index (χ1v) is 6.30. The van der Waals surface area contributed by atoms with Crippen molar-refractivity contribution >= 4 is 10.0 Å². The maximum Gasteiger partial charge on any atom is 0.258 e. The molecule has 1 aromatic heterocycles. The van der Waals surface area contributed by atoms with Crippen LogP contribution in [-0.4, -0.2) is 34.9 Å². The summed E-state index contributed by atoms with van der Waals surface area (Å²) in [6, 6.07) is 1.35. The summed E-state index contributed by atoms with van der Waals surface area (Å²) in [4.78, 5) is 0. The molecule has 0 amide bonds. The summed E-state index contributed by atoms with van der Waals surface area (Å²) in [6.07, 6.45) is 1.35. The summed E-state index contributed by atoms with van der Waals surface area (Å²) in [7, 11) is -3.69. The van der Waals surface area contributed by atoms with E-state index in [1.807, 2.05) is 0 Å². The van der Waals surface area contributed by atoms with Gasteiger partial charge in [-0.05, 0) is 33.8 Å². The topological polar surface area (TPSA) is 95.1 Å². The molecule has 6 nitrogen and oxygen atoms in total. The number of aromatic nitrogens is 2. The van der Waals surface area contributed by atoms with Crippen molar-refractivity contribution in [1.82, 2.24) is 14.9 Å². The maximum atomic E-state index is 11.9. The Labute approximate surface area is 95.1 Å². The molecule has 0 bridgehead atoms. The minimum Gasteiger partial charge on any atom is -0.389 e. The first-order chi connectivity index (χ1) is 7.06. The van der Waals surface area contributed by atoms with Gasteiger partial charge in [0.2, 0.25) is 0 Å². The van der Waals surface area contributed by atoms with Crippen LogP contribution in [0.1, 0.15) is 27.7 Å². The molecule has 3 N–H and O–H groups in total. The van der Waals surface area contributed by atoms with E-state index in [1.54, 1.807) is 27.7 Å². The van der Waals surface area contributed by atoms with Gasteiger partial charge in [-0.1, -0.05) is 0 Å². The molecule has 16 heavy (non-hydrogen) atoms. The number of aromatic amines is 1. The Hall–Kier alpha value is -0.920. The second-order valence-corrected chi connectivity index (χ2v) is 6.36. The van der Waals surface area contributed by atoms with Crippen molar-refractivity contribution in [2.75, 3.05) is 0 Å². The summed E-state index contributed by atoms with van der Waals surface area (Å²) in [5.74, 6) is 0. The van der Waals surface area contributed by atoms with Gasteiger partial charge >= 0.3 is 0 Å². The zero-order valence-corrected chi connectivity index (χ0v) is 10.6. The van der Waals surface area contributed by atoms with E-state index in [0.29, 0.717) is 0 Å². The highest BCUT2D eigenvalue weighted by Crippen LogP contribution is 2.22. The second-order valence-electron chi connectivity index (χ2n) is 4.71. The van der Waals surface area contributed by atoms with Crippen LogP contribution in [0.5, 0.6) is 0 Å². The van der Waals surface area contributed by atoms with Crippen LogP contribution >= 0.6 is 0 Å². The molecule has 0 aromatic carbocycles. The van der Waals surface area contributed by atoms with Gasteiger partial charge in [0, 0.05) is 0 Å². The van der Waals surface area contributed by atoms with Crippen molar-refractivity contribution in [3.05, 3.63) is 12.3 Å². The lowest BCUT2D eigenvalue weighted by Crippen LogP contribution is -2.57. The molecule has 7 heteroatoms. The second kappa shape index (κ2) is 3.83. The van der Waals surface area contributed by atoms with E-state index in [2.05, 4.69) is 14.9 Å². The molecule has 0 fully saturated rings. The molecule has 1 heterocycles. The highest BCUT2D eigenvalue weighted by atomic mass is 32.2. The van der Waals surface area contributed by atoms with Gasteiger partial charge in [0.25, 0.3) is 10.0 Å². The minimum atomic E-state index is -3.69. The molecule has 0 atom stereocenters. The summed E-state index contributed by atoms with van der Waals surface area (Å²) in [6.45, 7) is 6.31. The fourth-order valence-corrected chi connectivity index (χ4v) is 2.35. The summed E-state index contributed by atoms with van der Waals surface area (Å²) in [5, 5.41) is 15.8. The number of hydrogen-bond donors (Lipinski definition) is 3. The third kappa shape index (κ3) is 2.60. The van der Waals surface area contributed by atoms with Crippen molar-refractivity contribution in [3.63, 3.8) is 0 Å². The van der Waals surface area contributed by atoms with E-state index < -0.39 is 21.2 Å². The monoisotopic (exact) mass is 247 g/mol. The van der Waals surface area contributed by atoms with Gasteiger partial charge in [0.05, 0.1) is 17.3 Å². The SMILES string of the molecule is CC(C)(O)C(C)(C)NS(=O)(=O)c1ccn[nH]1. The van der Waals surface area contributed by atoms with Gasteiger partial charge in [0.15, 0.2) is 5.03 Å². The van der Waals surface area contributed by atoms with E-state index in [1.165, 1.54) is 12.3 Å². The number of nitrogens with one attached hydrogen (secondary N) is 2. The smallest absolute Gasteiger partial charge is 0.258 e. The first-order valence-electron chi connectivity index (χ1n) is 4.82. The third-order valence-electron chi connectivity index (χ3n) is 2.68. The minimum absolute atomic E-state index is 0.0233. The van der Waals surface area contributed by atoms with Gasteiger partial charge in [-0.3, -0.25) is 5.10 Å². The molecule has 0 saturated carbocycles. The average Bonchev–Trinajstić information content (AvgIpc) is 2.50. The predicted octanol–water partition coefficient (Wildman–Crippen LogP) is 0.237. The maximum absolute atomic E-state index is 11.9. The lowest BCUT2D eigenvalue weighted by atomic mass is 9.87. The first kappa shape index (κ1) is 13.1. The van der Waals surface area contributed by atoms with Crippen molar-refractivity contribution < 1.29 is 13.5 Å². The Morgan fingerprint density at radius 2 is 1.94 bits per heavy atom. The Balaban J connectivity index is 2.99. The lowest BCUT2D eigenvalue weighted by molar-refractivity contribution is 0.00636. The van der Waals surface area contributed by atoms with E-state index in [9.17, 15) is 13.5 Å². The van der Waals surface area contributed by atoms with Crippen LogP contribution in [0, 0.1) is 0 Å². The van der Waals surface area contributed by atoms with Crippen LogP contribution in [0.4, 0.5) is 0 Å². The van der Waals surface area contributed by atoms with Crippen LogP contribution in [0.15, 0.2) is 17.3 Å². The van der Waals surface area contributed by atoms with Crippen molar-refractivity contribution in [2.24, 2.45) is 0 Å². The number of nitrogens with zero attached hydrogens (tertiary/aromatic N) is 1. The largest absolute Gasteiger partial charge is 0.389 e. The normalized spacial score (nSPS) is 14.1. The quantitative estimate of drug-likeness (QED) is 0.710. The molecular formula is C9H17N3O3S. The fraction of sp³-hybridized carbons (Fsp3) is 0.667. The number of H-pyrrole nitrogens is 1. The van der Waals surface area contributed by atoms with Gasteiger partial charge in [0.1, 0.15) is 0 Å². The summed E-state index contributed by atoms with van der Waals surface area (Å²) in [5.41, 5.74) is -2.17. The molecule has 0 radical (unpaired) electrons. The van der Waals surface area contributed by atoms with Crippen LogP contribution < -0.4 is 4.72 Å². The van der Waals surface area contributed by atoms with Crippen LogP contribution in [0.3, 0.4) is 0 Å². The molecular weight excluding hydrogens is 230 g/mol. The third-order valence-corrected chi connectivity index (χ3v) is 4.27. The molecule has 0 aliphatic heterocycles. The van der Waals surface area contributed by atoms with Crippen LogP contribution in [-0.2, 0) is 10.0 Å². The van der Waals surface area contributed by atoms with Gasteiger partial charge in [-0.2, -0.15) is 5.10 Å². The van der Waals surface area contributed by atoms with Gasteiger partial charge < -0.3 is 5.11 Å². The van der Waals surface area contributed by atoms with Crippen molar-refractivity contribution in [3.8, 4) is 0 Å². The van der Waals surface area contributed by atoms with E-state index in [4.69, 9.17) is 0 Å². The average molecular weight is 247 g/mol. The zero-order chi connectivity index (χ0) is 12.6. The number of sulfonamides is 1. The Morgan fingerprint density at radius 3 is 2.31 bits per heavy atom. The van der Waals surface area contributed by atoms with E-state index in [0.717, 1.165) is 0 Å². The summed E-state index contributed by atoms with van der Waals surface area (Å²) >= 11 is 0. The summed E-state index contributed by atoms with van der Waals surface area (Å²) < 4.78 is 26.2. The highest BCUT2D eigenvalue weighted by Gasteiger charge is 2.39. The number of hydrogen-bond acceptors (Lipinski definition) is 4. The van der Waals surface area contributed by atoms with E-state index in [-0.39, 0.29) is 5.03 Å². The molecule has 1 aromatic rings. The highest BCUT2D eigenvalue weighted by molar-refractivity contribution is 7.89.